The van der Waals surface area contributed by atoms with Gasteiger partial charge in [0.15, 0.2) is 11.5 Å². The summed E-state index contributed by atoms with van der Waals surface area (Å²) >= 11 is 3.45. The zero-order valence-corrected chi connectivity index (χ0v) is 16.7. The molecule has 146 valence electrons. The van der Waals surface area contributed by atoms with Crippen LogP contribution in [-0.4, -0.2) is 26.1 Å². The van der Waals surface area contributed by atoms with E-state index in [4.69, 9.17) is 9.47 Å². The molecule has 0 fully saturated rings. The van der Waals surface area contributed by atoms with Gasteiger partial charge in [-0.2, -0.15) is 5.10 Å². The van der Waals surface area contributed by atoms with E-state index < -0.39 is 6.10 Å². The first-order valence-corrected chi connectivity index (χ1v) is 9.80. The number of aromatic nitrogens is 3. The molecule has 1 atom stereocenters. The maximum absolute atomic E-state index is 12.9. The molecule has 1 N–H and O–H groups in total. The molecular weight excluding hydrogens is 438 g/mol. The molecule has 3 heterocycles. The summed E-state index contributed by atoms with van der Waals surface area (Å²) in [6.45, 7) is 0.291. The van der Waals surface area contributed by atoms with Gasteiger partial charge < -0.3 is 19.1 Å². The molecule has 5 rings (SSSR count). The molecule has 0 radical (unpaired) electrons. The second kappa shape index (κ2) is 7.06. The molecule has 1 unspecified atom stereocenters. The molecule has 1 aliphatic heterocycles. The Labute approximate surface area is 173 Å². The van der Waals surface area contributed by atoms with Crippen molar-refractivity contribution in [3.05, 3.63) is 81.3 Å². The van der Waals surface area contributed by atoms with Gasteiger partial charge in [0, 0.05) is 22.4 Å². The van der Waals surface area contributed by atoms with Crippen LogP contribution >= 0.6 is 15.9 Å². The van der Waals surface area contributed by atoms with E-state index in [1.54, 1.807) is 41.2 Å². The van der Waals surface area contributed by atoms with Crippen molar-refractivity contribution < 1.29 is 14.6 Å². The van der Waals surface area contributed by atoms with Crippen LogP contribution in [0, 0.1) is 0 Å². The minimum absolute atomic E-state index is 0.117. The third-order valence-corrected chi connectivity index (χ3v) is 5.37. The summed E-state index contributed by atoms with van der Waals surface area (Å²) < 4.78 is 14.6. The highest BCUT2D eigenvalue weighted by Crippen LogP contribution is 2.34. The fourth-order valence-corrected chi connectivity index (χ4v) is 3.77. The highest BCUT2D eigenvalue weighted by molar-refractivity contribution is 9.10. The minimum Gasteiger partial charge on any atom is -0.454 e. The van der Waals surface area contributed by atoms with Crippen LogP contribution < -0.4 is 15.0 Å². The Balaban J connectivity index is 1.46. The number of aliphatic hydroxyl groups excluding tert-OH is 1. The van der Waals surface area contributed by atoms with Crippen molar-refractivity contribution in [1.29, 1.82) is 0 Å². The quantitative estimate of drug-likeness (QED) is 0.512. The normalized spacial score (nSPS) is 13.7. The molecule has 0 amide bonds. The zero-order chi connectivity index (χ0) is 20.0. The standard InChI is InChI=1S/C21H16BrN3O4/c22-15-3-1-2-13(8-15)16-10-17-21(27)24(6-7-25(17)23-16)11-18(26)14-4-5-19-20(9-14)29-12-28-19/h1-10,18,26H,11-12H2. The van der Waals surface area contributed by atoms with Crippen molar-refractivity contribution in [3.63, 3.8) is 0 Å². The Morgan fingerprint density at radius 2 is 1.97 bits per heavy atom. The number of aliphatic hydroxyl groups is 1. The molecule has 0 bridgehead atoms. The molecule has 0 saturated heterocycles. The summed E-state index contributed by atoms with van der Waals surface area (Å²) in [5.74, 6) is 1.25. The van der Waals surface area contributed by atoms with Gasteiger partial charge in [-0.1, -0.05) is 34.1 Å². The molecule has 7 nitrogen and oxygen atoms in total. The van der Waals surface area contributed by atoms with Gasteiger partial charge in [0.05, 0.1) is 18.3 Å². The first-order chi connectivity index (χ1) is 14.1. The van der Waals surface area contributed by atoms with E-state index in [9.17, 15) is 9.90 Å². The van der Waals surface area contributed by atoms with Gasteiger partial charge >= 0.3 is 0 Å². The summed E-state index contributed by atoms with van der Waals surface area (Å²) in [6.07, 6.45) is 2.48. The van der Waals surface area contributed by atoms with Crippen molar-refractivity contribution in [1.82, 2.24) is 14.2 Å². The number of ether oxygens (including phenoxy) is 2. The number of halogens is 1. The van der Waals surface area contributed by atoms with Gasteiger partial charge in [0.1, 0.15) is 5.52 Å². The Morgan fingerprint density at radius 3 is 2.83 bits per heavy atom. The monoisotopic (exact) mass is 453 g/mol. The molecule has 0 saturated carbocycles. The Bertz CT molecular complexity index is 1280. The van der Waals surface area contributed by atoms with Gasteiger partial charge in [0.2, 0.25) is 6.79 Å². The third-order valence-electron chi connectivity index (χ3n) is 4.87. The third kappa shape index (κ3) is 3.30. The van der Waals surface area contributed by atoms with E-state index in [1.165, 1.54) is 4.57 Å². The Kier molecular flexibility index (Phi) is 4.37. The maximum Gasteiger partial charge on any atom is 0.276 e. The second-order valence-corrected chi connectivity index (χ2v) is 7.67. The lowest BCUT2D eigenvalue weighted by atomic mass is 10.1. The number of hydrogen-bond acceptors (Lipinski definition) is 5. The zero-order valence-electron chi connectivity index (χ0n) is 15.2. The maximum atomic E-state index is 12.9. The van der Waals surface area contributed by atoms with Crippen LogP contribution in [0.1, 0.15) is 11.7 Å². The minimum atomic E-state index is -0.864. The largest absolute Gasteiger partial charge is 0.454 e. The van der Waals surface area contributed by atoms with Gasteiger partial charge in [-0.15, -0.1) is 0 Å². The number of nitrogens with zero attached hydrogens (tertiary/aromatic N) is 3. The van der Waals surface area contributed by atoms with Crippen LogP contribution in [0.4, 0.5) is 0 Å². The predicted molar refractivity (Wildman–Crippen MR) is 110 cm³/mol. The highest BCUT2D eigenvalue weighted by atomic mass is 79.9. The average Bonchev–Trinajstić information content (AvgIpc) is 3.36. The van der Waals surface area contributed by atoms with Crippen LogP contribution in [0.25, 0.3) is 16.8 Å². The average molecular weight is 454 g/mol. The molecular formula is C21H16BrN3O4. The van der Waals surface area contributed by atoms with Crippen molar-refractivity contribution in [3.8, 4) is 22.8 Å². The predicted octanol–water partition coefficient (Wildman–Crippen LogP) is 3.39. The summed E-state index contributed by atoms with van der Waals surface area (Å²) in [5.41, 5.74) is 2.50. The lowest BCUT2D eigenvalue weighted by Gasteiger charge is -2.13. The fraction of sp³-hybridized carbons (Fsp3) is 0.143. The lowest BCUT2D eigenvalue weighted by Crippen LogP contribution is -2.24. The molecule has 0 spiro atoms. The first-order valence-electron chi connectivity index (χ1n) is 9.01. The smallest absolute Gasteiger partial charge is 0.276 e. The van der Waals surface area contributed by atoms with Gasteiger partial charge in [-0.25, -0.2) is 4.52 Å². The molecule has 8 heteroatoms. The topological polar surface area (TPSA) is 78.0 Å². The van der Waals surface area contributed by atoms with Crippen molar-refractivity contribution >= 4 is 21.4 Å². The van der Waals surface area contributed by atoms with Crippen LogP contribution in [0.15, 0.2) is 70.2 Å². The Hall–Kier alpha value is -3.10. The van der Waals surface area contributed by atoms with E-state index in [0.717, 1.165) is 10.0 Å². The van der Waals surface area contributed by atoms with Gasteiger partial charge in [-0.3, -0.25) is 4.79 Å². The van der Waals surface area contributed by atoms with Crippen LogP contribution in [0.2, 0.25) is 0 Å². The van der Waals surface area contributed by atoms with Crippen molar-refractivity contribution in [2.45, 2.75) is 12.6 Å². The van der Waals surface area contributed by atoms with Gasteiger partial charge in [0.25, 0.3) is 5.56 Å². The summed E-state index contributed by atoms with van der Waals surface area (Å²) in [6, 6.07) is 14.8. The second-order valence-electron chi connectivity index (χ2n) is 6.75. The Morgan fingerprint density at radius 1 is 1.10 bits per heavy atom. The molecule has 1 aliphatic rings. The lowest BCUT2D eigenvalue weighted by molar-refractivity contribution is 0.154. The summed E-state index contributed by atoms with van der Waals surface area (Å²) in [4.78, 5) is 12.9. The number of hydrogen-bond donors (Lipinski definition) is 1. The molecule has 4 aromatic rings. The van der Waals surface area contributed by atoms with E-state index in [0.29, 0.717) is 28.3 Å². The fourth-order valence-electron chi connectivity index (χ4n) is 3.37. The molecule has 29 heavy (non-hydrogen) atoms. The molecule has 2 aromatic carbocycles. The number of fused-ring (bicyclic) bond motifs is 2. The summed E-state index contributed by atoms with van der Waals surface area (Å²) in [5, 5.41) is 15.1. The molecule has 2 aromatic heterocycles. The number of rotatable bonds is 4. The van der Waals surface area contributed by atoms with E-state index >= 15 is 0 Å². The van der Waals surface area contributed by atoms with E-state index in [2.05, 4.69) is 21.0 Å². The van der Waals surface area contributed by atoms with Gasteiger partial charge in [-0.05, 0) is 35.9 Å². The van der Waals surface area contributed by atoms with E-state index in [1.807, 2.05) is 24.3 Å². The number of benzene rings is 2. The van der Waals surface area contributed by atoms with Crippen molar-refractivity contribution in [2.75, 3.05) is 6.79 Å². The first kappa shape index (κ1) is 18.0. The summed E-state index contributed by atoms with van der Waals surface area (Å²) in [7, 11) is 0. The van der Waals surface area contributed by atoms with Crippen molar-refractivity contribution in [2.24, 2.45) is 0 Å². The van der Waals surface area contributed by atoms with Crippen LogP contribution in [0.5, 0.6) is 11.5 Å². The van der Waals surface area contributed by atoms with Crippen LogP contribution in [-0.2, 0) is 6.54 Å². The molecule has 0 aliphatic carbocycles. The SMILES string of the molecule is O=c1c2cc(-c3cccc(Br)c3)nn2ccn1CC(O)c1ccc2c(c1)OCO2. The van der Waals surface area contributed by atoms with E-state index in [-0.39, 0.29) is 18.9 Å². The highest BCUT2D eigenvalue weighted by Gasteiger charge is 2.18. The van der Waals surface area contributed by atoms with Crippen LogP contribution in [0.3, 0.4) is 0 Å².